The van der Waals surface area contributed by atoms with Crippen LogP contribution in [0.2, 0.25) is 0 Å². The number of carbonyl (C=O) groups is 1. The van der Waals surface area contributed by atoms with Gasteiger partial charge in [-0.25, -0.2) is 4.98 Å². The molecule has 186 valence electrons. The lowest BCUT2D eigenvalue weighted by molar-refractivity contribution is -0.137. The number of aromatic nitrogens is 4. The first-order valence-electron chi connectivity index (χ1n) is 11.8. The first-order valence-corrected chi connectivity index (χ1v) is 11.8. The van der Waals surface area contributed by atoms with Gasteiger partial charge in [0.15, 0.2) is 5.69 Å². The van der Waals surface area contributed by atoms with Crippen molar-refractivity contribution < 1.29 is 18.0 Å². The van der Waals surface area contributed by atoms with Gasteiger partial charge in [0.2, 0.25) is 0 Å². The number of carbonyl (C=O) groups excluding carboxylic acids is 1. The molecule has 36 heavy (non-hydrogen) atoms. The Balaban J connectivity index is 1.35. The lowest BCUT2D eigenvalue weighted by Crippen LogP contribution is -2.32. The number of fused-ring (bicyclic) bond motifs is 1. The molecule has 5 rings (SSSR count). The highest BCUT2D eigenvalue weighted by molar-refractivity contribution is 6.11. The number of nitrogens with one attached hydrogen (secondary N) is 2. The Morgan fingerprint density at radius 1 is 1.08 bits per heavy atom. The largest absolute Gasteiger partial charge is 0.417 e. The van der Waals surface area contributed by atoms with Gasteiger partial charge in [-0.2, -0.15) is 18.3 Å². The fourth-order valence-corrected chi connectivity index (χ4v) is 4.39. The molecule has 0 aliphatic carbocycles. The summed E-state index contributed by atoms with van der Waals surface area (Å²) in [7, 11) is 0. The number of likely N-dealkylation sites (tertiary alicyclic amines) is 1. The number of H-pyrrole nitrogens is 1. The maximum absolute atomic E-state index is 12.8. The number of rotatable bonds is 5. The van der Waals surface area contributed by atoms with Gasteiger partial charge >= 0.3 is 6.18 Å². The van der Waals surface area contributed by atoms with E-state index in [1.807, 2.05) is 24.4 Å². The summed E-state index contributed by atoms with van der Waals surface area (Å²) in [6, 6.07) is 9.72. The van der Waals surface area contributed by atoms with Crippen molar-refractivity contribution in [1.29, 1.82) is 0 Å². The zero-order valence-corrected chi connectivity index (χ0v) is 19.6. The number of nitrogens with zero attached hydrogens (tertiary/aromatic N) is 4. The summed E-state index contributed by atoms with van der Waals surface area (Å²) in [4.78, 5) is 23.4. The molecule has 1 aromatic carbocycles. The van der Waals surface area contributed by atoms with Crippen molar-refractivity contribution in [3.05, 3.63) is 71.8 Å². The molecule has 1 aliphatic rings. The van der Waals surface area contributed by atoms with Crippen molar-refractivity contribution in [2.75, 3.05) is 18.4 Å². The van der Waals surface area contributed by atoms with Crippen molar-refractivity contribution in [2.45, 2.75) is 32.5 Å². The Morgan fingerprint density at radius 3 is 2.61 bits per heavy atom. The molecule has 1 saturated heterocycles. The van der Waals surface area contributed by atoms with E-state index >= 15 is 0 Å². The fourth-order valence-electron chi connectivity index (χ4n) is 4.39. The SMILES string of the molecule is CC1CCN(Cc2cncc(-c3ccc4[nH]nc(C(=O)Nc5ccc(C(F)(F)F)cn5)c4c3)c2)CC1. The highest BCUT2D eigenvalue weighted by Crippen LogP contribution is 2.30. The fraction of sp³-hybridized carbons (Fsp3) is 0.308. The molecule has 0 atom stereocenters. The molecule has 10 heteroatoms. The third-order valence-electron chi connectivity index (χ3n) is 6.52. The zero-order valence-electron chi connectivity index (χ0n) is 19.6. The van der Waals surface area contributed by atoms with Gasteiger partial charge in [-0.3, -0.25) is 19.8 Å². The van der Waals surface area contributed by atoms with E-state index in [1.54, 1.807) is 6.20 Å². The Hall–Kier alpha value is -3.79. The van der Waals surface area contributed by atoms with Gasteiger partial charge in [0, 0.05) is 36.1 Å². The average molecular weight is 495 g/mol. The van der Waals surface area contributed by atoms with Crippen LogP contribution in [0.15, 0.2) is 55.0 Å². The van der Waals surface area contributed by atoms with E-state index in [9.17, 15) is 18.0 Å². The number of halogens is 3. The molecular formula is C26H25F3N6O. The van der Waals surface area contributed by atoms with Crippen molar-refractivity contribution >= 4 is 22.6 Å². The van der Waals surface area contributed by atoms with Gasteiger partial charge in [-0.1, -0.05) is 13.0 Å². The topological polar surface area (TPSA) is 86.8 Å². The number of hydrogen-bond acceptors (Lipinski definition) is 5. The van der Waals surface area contributed by atoms with Crippen LogP contribution in [-0.2, 0) is 12.7 Å². The van der Waals surface area contributed by atoms with E-state index in [4.69, 9.17) is 0 Å². The van der Waals surface area contributed by atoms with E-state index < -0.39 is 17.6 Å². The Bertz CT molecular complexity index is 1370. The molecule has 4 heterocycles. The minimum atomic E-state index is -4.50. The minimum absolute atomic E-state index is 0.00399. The molecule has 4 aromatic rings. The van der Waals surface area contributed by atoms with Crippen LogP contribution in [0, 0.1) is 5.92 Å². The highest BCUT2D eigenvalue weighted by Gasteiger charge is 2.30. The number of alkyl halides is 3. The number of aromatic amines is 1. The van der Waals surface area contributed by atoms with E-state index in [-0.39, 0.29) is 11.5 Å². The number of hydrogen-bond donors (Lipinski definition) is 2. The summed E-state index contributed by atoms with van der Waals surface area (Å²) in [6.07, 6.45) is 2.26. The predicted octanol–water partition coefficient (Wildman–Crippen LogP) is 5.52. The first kappa shape index (κ1) is 23.9. The number of piperidine rings is 1. The van der Waals surface area contributed by atoms with Gasteiger partial charge in [0.25, 0.3) is 5.91 Å². The molecule has 7 nitrogen and oxygen atoms in total. The smallest absolute Gasteiger partial charge is 0.305 e. The van der Waals surface area contributed by atoms with Crippen molar-refractivity contribution in [3.63, 3.8) is 0 Å². The number of anilines is 1. The van der Waals surface area contributed by atoms with Crippen LogP contribution >= 0.6 is 0 Å². The predicted molar refractivity (Wildman–Crippen MR) is 130 cm³/mol. The highest BCUT2D eigenvalue weighted by atomic mass is 19.4. The molecule has 0 saturated carbocycles. The summed E-state index contributed by atoms with van der Waals surface area (Å²) in [5.74, 6) is 0.204. The van der Waals surface area contributed by atoms with Gasteiger partial charge in [0.05, 0.1) is 11.1 Å². The number of pyridine rings is 2. The molecule has 3 aromatic heterocycles. The summed E-state index contributed by atoms with van der Waals surface area (Å²) in [5.41, 5.74) is 2.83. The monoisotopic (exact) mass is 494 g/mol. The lowest BCUT2D eigenvalue weighted by Gasteiger charge is -2.30. The molecule has 2 N–H and O–H groups in total. The summed E-state index contributed by atoms with van der Waals surface area (Å²) < 4.78 is 38.3. The Kier molecular flexibility index (Phi) is 6.44. The van der Waals surface area contributed by atoms with Crippen LogP contribution in [0.1, 0.15) is 41.4 Å². The zero-order chi connectivity index (χ0) is 25.3. The Labute approximate surface area is 205 Å². The second kappa shape index (κ2) is 9.69. The van der Waals surface area contributed by atoms with E-state index in [0.29, 0.717) is 17.1 Å². The molecule has 1 amide bonds. The third-order valence-corrected chi connectivity index (χ3v) is 6.52. The van der Waals surface area contributed by atoms with Gasteiger partial charge in [-0.15, -0.1) is 0 Å². The molecule has 0 spiro atoms. The quantitative estimate of drug-likeness (QED) is 0.381. The molecule has 0 bridgehead atoms. The molecule has 1 aliphatic heterocycles. The molecular weight excluding hydrogens is 469 g/mol. The van der Waals surface area contributed by atoms with Crippen LogP contribution in [0.5, 0.6) is 0 Å². The van der Waals surface area contributed by atoms with Gasteiger partial charge < -0.3 is 5.32 Å². The summed E-state index contributed by atoms with van der Waals surface area (Å²) in [6.45, 7) is 5.30. The number of amides is 1. The third kappa shape index (κ3) is 5.23. The van der Waals surface area contributed by atoms with Crippen LogP contribution in [0.3, 0.4) is 0 Å². The van der Waals surface area contributed by atoms with E-state index in [2.05, 4.69) is 43.4 Å². The number of benzene rings is 1. The molecule has 0 radical (unpaired) electrons. The summed E-state index contributed by atoms with van der Waals surface area (Å²) in [5, 5.41) is 10.1. The van der Waals surface area contributed by atoms with Gasteiger partial charge in [-0.05, 0) is 73.3 Å². The van der Waals surface area contributed by atoms with Crippen molar-refractivity contribution in [3.8, 4) is 11.1 Å². The normalized spacial score (nSPS) is 15.3. The second-order valence-corrected chi connectivity index (χ2v) is 9.26. The standard InChI is InChI=1S/C26H25F3N6O/c1-16-6-8-35(9-7-16)15-17-10-19(13-30-12-17)18-2-4-22-21(11-18)24(34-33-22)25(36)32-23-5-3-20(14-31-23)26(27,28)29/h2-5,10-14,16H,6-9,15H2,1H3,(H,33,34)(H,31,32,36). The van der Waals surface area contributed by atoms with Gasteiger partial charge in [0.1, 0.15) is 5.82 Å². The maximum atomic E-state index is 12.8. The minimum Gasteiger partial charge on any atom is -0.305 e. The average Bonchev–Trinajstić information content (AvgIpc) is 3.29. The van der Waals surface area contributed by atoms with Crippen LogP contribution in [0.25, 0.3) is 22.0 Å². The van der Waals surface area contributed by atoms with Crippen molar-refractivity contribution in [2.24, 2.45) is 5.92 Å². The molecule has 1 fully saturated rings. The van der Waals surface area contributed by atoms with Crippen molar-refractivity contribution in [1.82, 2.24) is 25.1 Å². The Morgan fingerprint density at radius 2 is 1.89 bits per heavy atom. The van der Waals surface area contributed by atoms with Crippen LogP contribution in [-0.4, -0.2) is 44.1 Å². The lowest BCUT2D eigenvalue weighted by atomic mass is 9.98. The maximum Gasteiger partial charge on any atom is 0.417 e. The van der Waals surface area contributed by atoms with E-state index in [1.165, 1.54) is 12.8 Å². The molecule has 0 unspecified atom stereocenters. The first-order chi connectivity index (χ1) is 17.3. The van der Waals surface area contributed by atoms with Crippen LogP contribution in [0.4, 0.5) is 19.0 Å². The van der Waals surface area contributed by atoms with E-state index in [0.717, 1.165) is 54.4 Å². The summed E-state index contributed by atoms with van der Waals surface area (Å²) >= 11 is 0. The van der Waals surface area contributed by atoms with Crippen LogP contribution < -0.4 is 5.32 Å². The second-order valence-electron chi connectivity index (χ2n) is 9.26.